The molecule has 23 heavy (non-hydrogen) atoms. The fraction of sp³-hybridized carbons (Fsp3) is 0.556. The van der Waals surface area contributed by atoms with Gasteiger partial charge < -0.3 is 15.2 Å². The zero-order chi connectivity index (χ0) is 16.2. The van der Waals surface area contributed by atoms with E-state index in [4.69, 9.17) is 4.74 Å². The van der Waals surface area contributed by atoms with Crippen LogP contribution in [0.3, 0.4) is 0 Å². The number of nitrogens with one attached hydrogen (secondary N) is 1. The standard InChI is InChI=1S/C18H23NO4/c20-16(7-8-18(22)19-15-10-23-11-17(15)21)14-6-5-12-3-1-2-4-13(12)9-14/h5-6,9,15,17,21H,1-4,7-8,10-11H2,(H,19,22)/t15-,17-/m1/s1. The Morgan fingerprint density at radius 2 is 1.91 bits per heavy atom. The first-order chi connectivity index (χ1) is 11.1. The van der Waals surface area contributed by atoms with E-state index in [1.165, 1.54) is 24.0 Å². The molecule has 1 fully saturated rings. The van der Waals surface area contributed by atoms with Gasteiger partial charge in [-0.2, -0.15) is 0 Å². The predicted molar refractivity (Wildman–Crippen MR) is 85.4 cm³/mol. The molecule has 1 aromatic rings. The van der Waals surface area contributed by atoms with Gasteiger partial charge in [0.05, 0.1) is 25.4 Å². The number of carbonyl (C=O) groups is 2. The molecule has 2 aliphatic rings. The first-order valence-electron chi connectivity index (χ1n) is 8.33. The number of aliphatic hydroxyl groups is 1. The molecule has 0 aromatic heterocycles. The summed E-state index contributed by atoms with van der Waals surface area (Å²) < 4.78 is 5.09. The number of Topliss-reactive ketones (excluding diaryl/α,β-unsaturated/α-hetero) is 1. The van der Waals surface area contributed by atoms with Crippen molar-refractivity contribution in [1.82, 2.24) is 5.32 Å². The van der Waals surface area contributed by atoms with Crippen LogP contribution < -0.4 is 5.32 Å². The second-order valence-electron chi connectivity index (χ2n) is 6.39. The van der Waals surface area contributed by atoms with Gasteiger partial charge in [-0.25, -0.2) is 0 Å². The third-order valence-electron chi connectivity index (χ3n) is 4.65. The molecule has 1 aromatic carbocycles. The summed E-state index contributed by atoms with van der Waals surface area (Å²) in [6.07, 6.45) is 4.20. The van der Waals surface area contributed by atoms with Crippen LogP contribution in [-0.2, 0) is 22.4 Å². The van der Waals surface area contributed by atoms with Gasteiger partial charge in [0.15, 0.2) is 5.78 Å². The van der Waals surface area contributed by atoms with Crippen LogP contribution in [0.15, 0.2) is 18.2 Å². The van der Waals surface area contributed by atoms with Crippen LogP contribution in [0.5, 0.6) is 0 Å². The van der Waals surface area contributed by atoms with Gasteiger partial charge in [0.1, 0.15) is 0 Å². The number of amides is 1. The van der Waals surface area contributed by atoms with E-state index in [0.29, 0.717) is 12.2 Å². The van der Waals surface area contributed by atoms with Crippen LogP contribution in [0, 0.1) is 0 Å². The van der Waals surface area contributed by atoms with Gasteiger partial charge in [0, 0.05) is 18.4 Å². The third-order valence-corrected chi connectivity index (χ3v) is 4.65. The number of aliphatic hydroxyl groups excluding tert-OH is 1. The number of hydrogen-bond donors (Lipinski definition) is 2. The molecule has 3 rings (SSSR count). The normalized spacial score (nSPS) is 23.3. The fourth-order valence-electron chi connectivity index (χ4n) is 3.24. The SMILES string of the molecule is O=C(CCC(=O)c1ccc2c(c1)CCCC2)N[C@@H]1COC[C@H]1O. The Labute approximate surface area is 136 Å². The van der Waals surface area contributed by atoms with Crippen molar-refractivity contribution in [2.75, 3.05) is 13.2 Å². The average Bonchev–Trinajstić information content (AvgIpc) is 2.97. The van der Waals surface area contributed by atoms with Gasteiger partial charge in [-0.3, -0.25) is 9.59 Å². The van der Waals surface area contributed by atoms with Crippen molar-refractivity contribution in [3.63, 3.8) is 0 Å². The van der Waals surface area contributed by atoms with Gasteiger partial charge in [0.25, 0.3) is 0 Å². The van der Waals surface area contributed by atoms with Crippen LogP contribution in [0.25, 0.3) is 0 Å². The molecule has 1 aliphatic carbocycles. The molecule has 0 spiro atoms. The third kappa shape index (κ3) is 3.98. The van der Waals surface area contributed by atoms with E-state index in [1.807, 2.05) is 18.2 Å². The van der Waals surface area contributed by atoms with E-state index in [-0.39, 0.29) is 37.2 Å². The Morgan fingerprint density at radius 1 is 1.13 bits per heavy atom. The van der Waals surface area contributed by atoms with Crippen LogP contribution in [0.1, 0.15) is 47.2 Å². The highest BCUT2D eigenvalue weighted by molar-refractivity contribution is 5.98. The van der Waals surface area contributed by atoms with E-state index in [1.54, 1.807) is 0 Å². The number of carbonyl (C=O) groups excluding carboxylic acids is 2. The molecule has 2 N–H and O–H groups in total. The summed E-state index contributed by atoms with van der Waals surface area (Å²) in [5, 5.41) is 12.3. The second kappa shape index (κ2) is 7.23. The van der Waals surface area contributed by atoms with Crippen molar-refractivity contribution in [2.45, 2.75) is 50.7 Å². The van der Waals surface area contributed by atoms with E-state index in [9.17, 15) is 14.7 Å². The Bertz CT molecular complexity index is 599. The van der Waals surface area contributed by atoms with Crippen LogP contribution >= 0.6 is 0 Å². The molecular weight excluding hydrogens is 294 g/mol. The van der Waals surface area contributed by atoms with Crippen LogP contribution in [0.2, 0.25) is 0 Å². The Kier molecular flexibility index (Phi) is 5.08. The number of ketones is 1. The molecule has 0 unspecified atom stereocenters. The Balaban J connectivity index is 1.52. The van der Waals surface area contributed by atoms with Gasteiger partial charge in [0.2, 0.25) is 5.91 Å². The second-order valence-corrected chi connectivity index (χ2v) is 6.39. The summed E-state index contributed by atoms with van der Waals surface area (Å²) in [6.45, 7) is 0.574. The molecule has 1 saturated heterocycles. The largest absolute Gasteiger partial charge is 0.388 e. The average molecular weight is 317 g/mol. The summed E-state index contributed by atoms with van der Waals surface area (Å²) in [4.78, 5) is 24.2. The van der Waals surface area contributed by atoms with E-state index >= 15 is 0 Å². The molecule has 0 radical (unpaired) electrons. The zero-order valence-electron chi connectivity index (χ0n) is 13.2. The number of benzene rings is 1. The topological polar surface area (TPSA) is 75.6 Å². The first-order valence-corrected chi connectivity index (χ1v) is 8.33. The van der Waals surface area contributed by atoms with Crippen molar-refractivity contribution in [3.8, 4) is 0 Å². The molecule has 1 amide bonds. The van der Waals surface area contributed by atoms with Crippen molar-refractivity contribution >= 4 is 11.7 Å². The lowest BCUT2D eigenvalue weighted by molar-refractivity contribution is -0.122. The molecule has 5 heteroatoms. The Hall–Kier alpha value is -1.72. The Morgan fingerprint density at radius 3 is 2.65 bits per heavy atom. The predicted octanol–water partition coefficient (Wildman–Crippen LogP) is 1.40. The van der Waals surface area contributed by atoms with Gasteiger partial charge in [-0.1, -0.05) is 12.1 Å². The maximum Gasteiger partial charge on any atom is 0.220 e. The zero-order valence-corrected chi connectivity index (χ0v) is 13.2. The number of hydrogen-bond acceptors (Lipinski definition) is 4. The summed E-state index contributed by atoms with van der Waals surface area (Å²) in [5.74, 6) is -0.220. The molecule has 2 atom stereocenters. The summed E-state index contributed by atoms with van der Waals surface area (Å²) in [6, 6.07) is 5.55. The lowest BCUT2D eigenvalue weighted by atomic mass is 9.89. The lowest BCUT2D eigenvalue weighted by Gasteiger charge is -2.16. The van der Waals surface area contributed by atoms with Crippen LogP contribution in [-0.4, -0.2) is 42.2 Å². The smallest absolute Gasteiger partial charge is 0.220 e. The molecule has 5 nitrogen and oxygen atoms in total. The van der Waals surface area contributed by atoms with Gasteiger partial charge in [-0.05, 0) is 42.9 Å². The number of fused-ring (bicyclic) bond motifs is 1. The summed E-state index contributed by atoms with van der Waals surface area (Å²) in [7, 11) is 0. The number of aryl methyl sites for hydroxylation is 2. The monoisotopic (exact) mass is 317 g/mol. The minimum Gasteiger partial charge on any atom is -0.388 e. The molecule has 1 heterocycles. The molecule has 124 valence electrons. The van der Waals surface area contributed by atoms with Gasteiger partial charge in [-0.15, -0.1) is 0 Å². The lowest BCUT2D eigenvalue weighted by Crippen LogP contribution is -2.42. The highest BCUT2D eigenvalue weighted by Crippen LogP contribution is 2.23. The van der Waals surface area contributed by atoms with Gasteiger partial charge >= 0.3 is 0 Å². The maximum atomic E-state index is 12.3. The quantitative estimate of drug-likeness (QED) is 0.805. The molecular formula is C18H23NO4. The van der Waals surface area contributed by atoms with Crippen molar-refractivity contribution in [2.24, 2.45) is 0 Å². The highest BCUT2D eigenvalue weighted by atomic mass is 16.5. The fourth-order valence-corrected chi connectivity index (χ4v) is 3.24. The highest BCUT2D eigenvalue weighted by Gasteiger charge is 2.27. The van der Waals surface area contributed by atoms with Crippen molar-refractivity contribution in [3.05, 3.63) is 34.9 Å². The molecule has 0 saturated carbocycles. The maximum absolute atomic E-state index is 12.3. The van der Waals surface area contributed by atoms with Crippen molar-refractivity contribution in [1.29, 1.82) is 0 Å². The van der Waals surface area contributed by atoms with E-state index in [0.717, 1.165) is 12.8 Å². The molecule has 0 bridgehead atoms. The van der Waals surface area contributed by atoms with E-state index < -0.39 is 6.10 Å². The van der Waals surface area contributed by atoms with E-state index in [2.05, 4.69) is 5.32 Å². The first kappa shape index (κ1) is 16.1. The minimum atomic E-state index is -0.657. The summed E-state index contributed by atoms with van der Waals surface area (Å²) >= 11 is 0. The van der Waals surface area contributed by atoms with Crippen molar-refractivity contribution < 1.29 is 19.4 Å². The number of ether oxygens (including phenoxy) is 1. The minimum absolute atomic E-state index is 0.00301. The summed E-state index contributed by atoms with van der Waals surface area (Å²) in [5.41, 5.74) is 3.32. The number of rotatable bonds is 5. The van der Waals surface area contributed by atoms with Crippen LogP contribution in [0.4, 0.5) is 0 Å². The molecule has 1 aliphatic heterocycles.